The third-order valence-electron chi connectivity index (χ3n) is 3.34. The molecular weight excluding hydrogens is 291 g/mol. The van der Waals surface area contributed by atoms with Crippen LogP contribution in [0.2, 0.25) is 0 Å². The normalized spacial score (nSPS) is 19.0. The van der Waals surface area contributed by atoms with Gasteiger partial charge in [0.25, 0.3) is 10.0 Å². The van der Waals surface area contributed by atoms with Crippen LogP contribution in [0, 0.1) is 5.82 Å². The minimum atomic E-state index is -3.53. The van der Waals surface area contributed by atoms with Crippen LogP contribution in [0.4, 0.5) is 4.39 Å². The number of sulfonamides is 1. The summed E-state index contributed by atoms with van der Waals surface area (Å²) in [6.07, 6.45) is 0. The lowest BCUT2D eigenvalue weighted by atomic mass is 10.1. The number of nitrogens with zero attached hydrogens (tertiary/aromatic N) is 1. The van der Waals surface area contributed by atoms with E-state index in [0.29, 0.717) is 11.4 Å². The molecule has 1 aliphatic rings. The summed E-state index contributed by atoms with van der Waals surface area (Å²) in [5.41, 5.74) is 1.37. The third-order valence-corrected chi connectivity index (χ3v) is 4.73. The number of amidine groups is 1. The Labute approximate surface area is 122 Å². The summed E-state index contributed by atoms with van der Waals surface area (Å²) in [4.78, 5) is 4.65. The molecule has 6 heteroatoms. The van der Waals surface area contributed by atoms with Gasteiger partial charge in [0.2, 0.25) is 0 Å². The lowest BCUT2D eigenvalue weighted by Gasteiger charge is -2.08. The van der Waals surface area contributed by atoms with Gasteiger partial charge in [-0.1, -0.05) is 24.3 Å². The summed E-state index contributed by atoms with van der Waals surface area (Å²) in [7, 11) is -3.53. The molecule has 0 saturated heterocycles. The fraction of sp³-hybridized carbons (Fsp3) is 0.133. The van der Waals surface area contributed by atoms with Gasteiger partial charge in [0.05, 0.1) is 10.9 Å². The lowest BCUT2D eigenvalue weighted by molar-refractivity contribution is 0.595. The average molecular weight is 304 g/mol. The molecule has 1 aliphatic heterocycles. The molecule has 3 rings (SSSR count). The standard InChI is InChI=1S/C15H13FN2O2S/c1-10(11-6-8-12(16)9-7-11)17-15-13-4-2-3-5-14(13)21(19,20)18-15/h2-10H,1H3,(H,17,18). The quantitative estimate of drug-likeness (QED) is 0.927. The summed E-state index contributed by atoms with van der Waals surface area (Å²) in [6, 6.07) is 12.4. The summed E-state index contributed by atoms with van der Waals surface area (Å²) in [5.74, 6) is 0.00735. The molecule has 0 saturated carbocycles. The monoisotopic (exact) mass is 304 g/mol. The van der Waals surface area contributed by atoms with E-state index in [1.54, 1.807) is 36.4 Å². The smallest absolute Gasteiger partial charge is 0.263 e. The molecule has 0 fully saturated rings. The number of hydrogen-bond acceptors (Lipinski definition) is 3. The SMILES string of the molecule is CC(N=C1NS(=O)(=O)c2ccccc21)c1ccc(F)cc1. The predicted octanol–water partition coefficient (Wildman–Crippen LogP) is 2.63. The summed E-state index contributed by atoms with van der Waals surface area (Å²) in [6.45, 7) is 1.83. The Kier molecular flexibility index (Phi) is 3.25. The molecule has 0 radical (unpaired) electrons. The fourth-order valence-corrected chi connectivity index (χ4v) is 3.48. The third kappa shape index (κ3) is 2.54. The van der Waals surface area contributed by atoms with Gasteiger partial charge in [0, 0.05) is 5.56 Å². The molecule has 2 aromatic rings. The molecule has 108 valence electrons. The second-order valence-electron chi connectivity index (χ2n) is 4.81. The van der Waals surface area contributed by atoms with E-state index in [0.717, 1.165) is 5.56 Å². The maximum atomic E-state index is 12.9. The van der Waals surface area contributed by atoms with Gasteiger partial charge in [-0.2, -0.15) is 0 Å². The van der Waals surface area contributed by atoms with E-state index in [-0.39, 0.29) is 16.8 Å². The average Bonchev–Trinajstić information content (AvgIpc) is 2.71. The van der Waals surface area contributed by atoms with Crippen LogP contribution in [0.15, 0.2) is 58.4 Å². The van der Waals surface area contributed by atoms with Crippen LogP contribution in [-0.2, 0) is 10.0 Å². The van der Waals surface area contributed by atoms with Gasteiger partial charge in [0.15, 0.2) is 0 Å². The minimum Gasteiger partial charge on any atom is -0.263 e. The topological polar surface area (TPSA) is 58.5 Å². The van der Waals surface area contributed by atoms with Crippen LogP contribution in [0.3, 0.4) is 0 Å². The first-order chi connectivity index (χ1) is 9.97. The van der Waals surface area contributed by atoms with Gasteiger partial charge in [-0.05, 0) is 36.8 Å². The van der Waals surface area contributed by atoms with Crippen LogP contribution in [0.1, 0.15) is 24.1 Å². The minimum absolute atomic E-state index is 0.232. The molecule has 21 heavy (non-hydrogen) atoms. The van der Waals surface area contributed by atoms with Crippen LogP contribution in [0.25, 0.3) is 0 Å². The zero-order chi connectivity index (χ0) is 15.0. The first-order valence-corrected chi connectivity index (χ1v) is 7.91. The molecule has 1 atom stereocenters. The highest BCUT2D eigenvalue weighted by atomic mass is 32.2. The molecule has 2 aromatic carbocycles. The van der Waals surface area contributed by atoms with E-state index < -0.39 is 10.0 Å². The second kappa shape index (κ2) is 4.96. The maximum Gasteiger partial charge on any atom is 0.263 e. The van der Waals surface area contributed by atoms with Crippen molar-refractivity contribution in [3.05, 3.63) is 65.5 Å². The van der Waals surface area contributed by atoms with Crippen molar-refractivity contribution < 1.29 is 12.8 Å². The van der Waals surface area contributed by atoms with Gasteiger partial charge in [-0.25, -0.2) is 12.8 Å². The maximum absolute atomic E-state index is 12.9. The highest BCUT2D eigenvalue weighted by Gasteiger charge is 2.30. The van der Waals surface area contributed by atoms with Crippen molar-refractivity contribution in [3.8, 4) is 0 Å². The predicted molar refractivity (Wildman–Crippen MR) is 78.1 cm³/mol. The molecule has 1 unspecified atom stereocenters. The Morgan fingerprint density at radius 3 is 2.48 bits per heavy atom. The highest BCUT2D eigenvalue weighted by Crippen LogP contribution is 2.25. The van der Waals surface area contributed by atoms with Gasteiger partial charge in [-0.3, -0.25) is 9.71 Å². The van der Waals surface area contributed by atoms with Crippen molar-refractivity contribution in [1.82, 2.24) is 4.72 Å². The van der Waals surface area contributed by atoms with Crippen molar-refractivity contribution in [1.29, 1.82) is 0 Å². The van der Waals surface area contributed by atoms with Crippen molar-refractivity contribution >= 4 is 15.9 Å². The Hall–Kier alpha value is -2.21. The second-order valence-corrected chi connectivity index (χ2v) is 6.46. The number of nitrogens with one attached hydrogen (secondary N) is 1. The molecular formula is C15H13FN2O2S. The first-order valence-electron chi connectivity index (χ1n) is 6.43. The number of aliphatic imine (C=N–C) groups is 1. The molecule has 0 bridgehead atoms. The van der Waals surface area contributed by atoms with Crippen molar-refractivity contribution in [2.24, 2.45) is 4.99 Å². The zero-order valence-corrected chi connectivity index (χ0v) is 12.1. The Morgan fingerprint density at radius 2 is 1.76 bits per heavy atom. The number of fused-ring (bicyclic) bond motifs is 1. The summed E-state index contributed by atoms with van der Waals surface area (Å²) >= 11 is 0. The largest absolute Gasteiger partial charge is 0.263 e. The molecule has 0 aliphatic carbocycles. The van der Waals surface area contributed by atoms with Crippen LogP contribution < -0.4 is 4.72 Å². The Morgan fingerprint density at radius 1 is 1.10 bits per heavy atom. The lowest BCUT2D eigenvalue weighted by Crippen LogP contribution is -2.22. The van der Waals surface area contributed by atoms with E-state index in [2.05, 4.69) is 9.71 Å². The molecule has 0 amide bonds. The number of benzene rings is 2. The molecule has 0 spiro atoms. The van der Waals surface area contributed by atoms with E-state index in [1.807, 2.05) is 6.92 Å². The van der Waals surface area contributed by atoms with Gasteiger partial charge >= 0.3 is 0 Å². The van der Waals surface area contributed by atoms with Crippen LogP contribution >= 0.6 is 0 Å². The summed E-state index contributed by atoms with van der Waals surface area (Å²) in [5, 5.41) is 0. The van der Waals surface area contributed by atoms with E-state index in [1.165, 1.54) is 12.1 Å². The van der Waals surface area contributed by atoms with Crippen LogP contribution in [0.5, 0.6) is 0 Å². The molecule has 4 nitrogen and oxygen atoms in total. The first kappa shape index (κ1) is 13.8. The number of hydrogen-bond donors (Lipinski definition) is 1. The number of halogens is 1. The molecule has 0 aromatic heterocycles. The zero-order valence-electron chi connectivity index (χ0n) is 11.2. The highest BCUT2D eigenvalue weighted by molar-refractivity contribution is 7.90. The van der Waals surface area contributed by atoms with Crippen molar-refractivity contribution in [3.63, 3.8) is 0 Å². The van der Waals surface area contributed by atoms with E-state index in [9.17, 15) is 12.8 Å². The van der Waals surface area contributed by atoms with Crippen molar-refractivity contribution in [2.45, 2.75) is 17.9 Å². The van der Waals surface area contributed by atoms with Gasteiger partial charge in [0.1, 0.15) is 11.7 Å². The van der Waals surface area contributed by atoms with E-state index in [4.69, 9.17) is 0 Å². The van der Waals surface area contributed by atoms with Gasteiger partial charge in [-0.15, -0.1) is 0 Å². The Bertz CT molecular complexity index is 814. The Balaban J connectivity index is 2.00. The molecule has 1 N–H and O–H groups in total. The van der Waals surface area contributed by atoms with Gasteiger partial charge < -0.3 is 0 Å². The number of rotatable bonds is 2. The van der Waals surface area contributed by atoms with E-state index >= 15 is 0 Å². The van der Waals surface area contributed by atoms with Crippen LogP contribution in [-0.4, -0.2) is 14.3 Å². The summed E-state index contributed by atoms with van der Waals surface area (Å²) < 4.78 is 39.4. The van der Waals surface area contributed by atoms with Crippen molar-refractivity contribution in [2.75, 3.05) is 0 Å². The fourth-order valence-electron chi connectivity index (χ4n) is 2.24. The molecule has 1 heterocycles.